The first-order valence-corrected chi connectivity index (χ1v) is 8.24. The molecule has 23 heavy (non-hydrogen) atoms. The minimum Gasteiger partial charge on any atom is -0.491 e. The summed E-state index contributed by atoms with van der Waals surface area (Å²) in [4.78, 5) is 16.4. The average Bonchev–Trinajstić information content (AvgIpc) is 2.53. The highest BCUT2D eigenvalue weighted by atomic mass is 16.5. The normalized spacial score (nSPS) is 17.8. The van der Waals surface area contributed by atoms with Crippen molar-refractivity contribution in [1.82, 2.24) is 9.80 Å². The molecule has 1 atom stereocenters. The van der Waals surface area contributed by atoms with E-state index in [9.17, 15) is 9.90 Å². The zero-order chi connectivity index (χ0) is 16.9. The summed E-state index contributed by atoms with van der Waals surface area (Å²) < 4.78 is 5.57. The lowest BCUT2D eigenvalue weighted by Crippen LogP contribution is -2.53. The van der Waals surface area contributed by atoms with E-state index < -0.39 is 6.10 Å². The molecule has 0 radical (unpaired) electrons. The van der Waals surface area contributed by atoms with Crippen molar-refractivity contribution >= 4 is 5.91 Å². The topological polar surface area (TPSA) is 53.0 Å². The van der Waals surface area contributed by atoms with Crippen molar-refractivity contribution in [2.75, 3.05) is 39.3 Å². The van der Waals surface area contributed by atoms with Gasteiger partial charge >= 0.3 is 0 Å². The highest BCUT2D eigenvalue weighted by Crippen LogP contribution is 2.18. The van der Waals surface area contributed by atoms with Gasteiger partial charge in [0.2, 0.25) is 5.91 Å². The lowest BCUT2D eigenvalue weighted by atomic mass is 9.94. The van der Waals surface area contributed by atoms with E-state index in [2.05, 4.69) is 4.90 Å². The van der Waals surface area contributed by atoms with Gasteiger partial charge in [-0.05, 0) is 12.1 Å². The maximum atomic E-state index is 12.2. The molecule has 1 fully saturated rings. The van der Waals surface area contributed by atoms with Crippen molar-refractivity contribution in [2.45, 2.75) is 26.9 Å². The molecule has 1 amide bonds. The number of piperazine rings is 1. The van der Waals surface area contributed by atoms with Crippen molar-refractivity contribution in [1.29, 1.82) is 0 Å². The van der Waals surface area contributed by atoms with E-state index in [0.717, 1.165) is 31.9 Å². The average molecular weight is 320 g/mol. The van der Waals surface area contributed by atoms with Crippen LogP contribution in [0.15, 0.2) is 30.3 Å². The molecule has 0 spiro atoms. The Labute approximate surface area is 138 Å². The third kappa shape index (κ3) is 5.52. The van der Waals surface area contributed by atoms with Crippen LogP contribution in [0.2, 0.25) is 0 Å². The van der Waals surface area contributed by atoms with E-state index in [1.165, 1.54) is 0 Å². The second kappa shape index (κ2) is 7.79. The summed E-state index contributed by atoms with van der Waals surface area (Å²) in [5, 5.41) is 10.1. The fourth-order valence-corrected chi connectivity index (χ4v) is 2.67. The lowest BCUT2D eigenvalue weighted by molar-refractivity contribution is -0.141. The highest BCUT2D eigenvalue weighted by molar-refractivity contribution is 5.81. The highest BCUT2D eigenvalue weighted by Gasteiger charge is 2.30. The molecule has 1 aliphatic heterocycles. The van der Waals surface area contributed by atoms with Crippen molar-refractivity contribution in [3.63, 3.8) is 0 Å². The molecule has 1 aromatic rings. The molecule has 0 saturated carbocycles. The molecular formula is C18H28N2O3. The molecule has 1 heterocycles. The maximum Gasteiger partial charge on any atom is 0.228 e. The Bertz CT molecular complexity index is 491. The van der Waals surface area contributed by atoms with Crippen molar-refractivity contribution in [3.05, 3.63) is 30.3 Å². The van der Waals surface area contributed by atoms with Gasteiger partial charge in [-0.3, -0.25) is 9.69 Å². The van der Waals surface area contributed by atoms with Crippen LogP contribution in [-0.4, -0.2) is 66.2 Å². The molecule has 1 aromatic carbocycles. The molecule has 1 N–H and O–H groups in total. The van der Waals surface area contributed by atoms with Gasteiger partial charge in [0.1, 0.15) is 18.5 Å². The van der Waals surface area contributed by atoms with Gasteiger partial charge in [0, 0.05) is 38.1 Å². The first-order chi connectivity index (χ1) is 10.9. The minimum atomic E-state index is -0.528. The Morgan fingerprint density at radius 3 is 2.35 bits per heavy atom. The van der Waals surface area contributed by atoms with Gasteiger partial charge in [-0.1, -0.05) is 39.0 Å². The van der Waals surface area contributed by atoms with Crippen LogP contribution in [0.1, 0.15) is 20.8 Å². The quantitative estimate of drug-likeness (QED) is 0.896. The van der Waals surface area contributed by atoms with Crippen LogP contribution in [0, 0.1) is 5.41 Å². The summed E-state index contributed by atoms with van der Waals surface area (Å²) in [6.07, 6.45) is -0.528. The predicted molar refractivity (Wildman–Crippen MR) is 90.4 cm³/mol. The van der Waals surface area contributed by atoms with E-state index in [-0.39, 0.29) is 17.9 Å². The van der Waals surface area contributed by atoms with Crippen molar-refractivity contribution in [3.8, 4) is 5.75 Å². The molecular weight excluding hydrogens is 292 g/mol. The standard InChI is InChI=1S/C18H28N2O3/c1-18(2,3)17(22)20-11-9-19(10-12-20)13-15(21)14-23-16-7-5-4-6-8-16/h4-8,15,21H,9-14H2,1-3H3. The molecule has 1 unspecified atom stereocenters. The van der Waals surface area contributed by atoms with Crippen LogP contribution in [0.25, 0.3) is 0 Å². The first-order valence-electron chi connectivity index (χ1n) is 8.24. The summed E-state index contributed by atoms with van der Waals surface area (Å²) >= 11 is 0. The van der Waals surface area contributed by atoms with Gasteiger partial charge in [-0.25, -0.2) is 0 Å². The molecule has 5 heteroatoms. The van der Waals surface area contributed by atoms with Crippen molar-refractivity contribution < 1.29 is 14.6 Å². The van der Waals surface area contributed by atoms with Gasteiger partial charge in [-0.15, -0.1) is 0 Å². The Balaban J connectivity index is 1.70. The van der Waals surface area contributed by atoms with Crippen molar-refractivity contribution in [2.24, 2.45) is 5.41 Å². The number of aliphatic hydroxyl groups is 1. The summed E-state index contributed by atoms with van der Waals surface area (Å²) in [5.41, 5.74) is -0.328. The van der Waals surface area contributed by atoms with Crippen LogP contribution in [0.5, 0.6) is 5.75 Å². The SMILES string of the molecule is CC(C)(C)C(=O)N1CCN(CC(O)COc2ccccc2)CC1. The Morgan fingerprint density at radius 1 is 1.17 bits per heavy atom. The monoisotopic (exact) mass is 320 g/mol. The molecule has 0 aliphatic carbocycles. The van der Waals surface area contributed by atoms with Gasteiger partial charge in [0.15, 0.2) is 0 Å². The largest absolute Gasteiger partial charge is 0.491 e. The van der Waals surface area contributed by atoms with E-state index in [4.69, 9.17) is 4.74 Å². The summed E-state index contributed by atoms with van der Waals surface area (Å²) in [6, 6.07) is 9.51. The molecule has 1 saturated heterocycles. The number of para-hydroxylation sites is 1. The lowest BCUT2D eigenvalue weighted by Gasteiger charge is -2.38. The smallest absolute Gasteiger partial charge is 0.228 e. The van der Waals surface area contributed by atoms with Crippen LogP contribution < -0.4 is 4.74 Å². The minimum absolute atomic E-state index is 0.199. The molecule has 5 nitrogen and oxygen atoms in total. The van der Waals surface area contributed by atoms with Crippen LogP contribution in [0.4, 0.5) is 0 Å². The number of benzene rings is 1. The Kier molecular flexibility index (Phi) is 6.02. The number of carbonyl (C=O) groups is 1. The summed E-state index contributed by atoms with van der Waals surface area (Å²) in [6.45, 7) is 9.75. The van der Waals surface area contributed by atoms with E-state index in [1.807, 2.05) is 56.0 Å². The zero-order valence-corrected chi connectivity index (χ0v) is 14.4. The second-order valence-corrected chi connectivity index (χ2v) is 7.12. The second-order valence-electron chi connectivity index (χ2n) is 7.12. The summed E-state index contributed by atoms with van der Waals surface area (Å²) in [7, 11) is 0. The van der Waals surface area contributed by atoms with E-state index in [1.54, 1.807) is 0 Å². The van der Waals surface area contributed by atoms with Gasteiger partial charge < -0.3 is 14.7 Å². The maximum absolute atomic E-state index is 12.2. The third-order valence-corrected chi connectivity index (χ3v) is 3.96. The van der Waals surface area contributed by atoms with Gasteiger partial charge in [0.05, 0.1) is 0 Å². The number of nitrogens with zero attached hydrogens (tertiary/aromatic N) is 2. The summed E-state index contributed by atoms with van der Waals surface area (Å²) in [5.74, 6) is 0.970. The zero-order valence-electron chi connectivity index (χ0n) is 14.4. The number of aliphatic hydroxyl groups excluding tert-OH is 1. The number of β-amino-alcohol motifs (C(OH)–C–C–N with tert-alkyl or cyclic N) is 1. The number of ether oxygens (including phenoxy) is 1. The fraction of sp³-hybridized carbons (Fsp3) is 0.611. The van der Waals surface area contributed by atoms with Crippen LogP contribution >= 0.6 is 0 Å². The van der Waals surface area contributed by atoms with Gasteiger partial charge in [0.25, 0.3) is 0 Å². The molecule has 0 bridgehead atoms. The molecule has 128 valence electrons. The van der Waals surface area contributed by atoms with Crippen LogP contribution in [-0.2, 0) is 4.79 Å². The first kappa shape index (κ1) is 17.8. The number of hydrogen-bond acceptors (Lipinski definition) is 4. The molecule has 1 aliphatic rings. The van der Waals surface area contributed by atoms with E-state index in [0.29, 0.717) is 6.54 Å². The van der Waals surface area contributed by atoms with E-state index >= 15 is 0 Å². The number of amides is 1. The third-order valence-electron chi connectivity index (χ3n) is 3.96. The Morgan fingerprint density at radius 2 is 1.78 bits per heavy atom. The number of carbonyl (C=O) groups excluding carboxylic acids is 1. The molecule has 0 aromatic heterocycles. The number of rotatable bonds is 5. The van der Waals surface area contributed by atoms with Gasteiger partial charge in [-0.2, -0.15) is 0 Å². The van der Waals surface area contributed by atoms with Crippen LogP contribution in [0.3, 0.4) is 0 Å². The molecule has 2 rings (SSSR count). The number of hydrogen-bond donors (Lipinski definition) is 1. The predicted octanol–water partition coefficient (Wildman–Crippen LogP) is 1.62. The fourth-order valence-electron chi connectivity index (χ4n) is 2.67. The Hall–Kier alpha value is -1.59.